The molecule has 0 spiro atoms. The van der Waals surface area contributed by atoms with Crippen LogP contribution in [0.25, 0.3) is 5.78 Å². The van der Waals surface area contributed by atoms with Crippen molar-refractivity contribution in [2.45, 2.75) is 56.7 Å². The lowest BCUT2D eigenvalue weighted by Gasteiger charge is -2.40. The molecule has 5 nitrogen and oxygen atoms in total. The average Bonchev–Trinajstić information content (AvgIpc) is 3.26. The average molecular weight is 577 g/mol. The predicted molar refractivity (Wildman–Crippen MR) is 145 cm³/mol. The molecule has 0 radical (unpaired) electrons. The van der Waals surface area contributed by atoms with E-state index in [9.17, 15) is 8.78 Å². The van der Waals surface area contributed by atoms with Crippen LogP contribution in [0.5, 0.6) is 0 Å². The monoisotopic (exact) mass is 575 g/mol. The molecule has 2 fully saturated rings. The lowest BCUT2D eigenvalue weighted by atomic mass is 9.86. The Morgan fingerprint density at radius 2 is 1.73 bits per heavy atom. The molecule has 1 aromatic carbocycles. The highest BCUT2D eigenvalue weighted by Gasteiger charge is 2.43. The summed E-state index contributed by atoms with van der Waals surface area (Å²) < 4.78 is 28.5. The smallest absolute Gasteiger partial charge is 0.280 e. The van der Waals surface area contributed by atoms with E-state index in [0.29, 0.717) is 16.1 Å². The number of hydrogen-bond donors (Lipinski definition) is 0. The topological polar surface area (TPSA) is 46.3 Å². The van der Waals surface area contributed by atoms with Crippen LogP contribution in [0.3, 0.4) is 0 Å². The van der Waals surface area contributed by atoms with E-state index in [1.807, 2.05) is 18.2 Å². The SMILES string of the molecule is Cl.FC(F)c1cc([C@H]2CC[C@H]3CC[C@@H]2N3Cc2ccc(Cl)c(Cl)c2)n2ncnc2n1.S.S.S. The number of nitrogens with zero attached hydrogens (tertiary/aromatic N) is 5. The highest BCUT2D eigenvalue weighted by molar-refractivity contribution is 7.59. The van der Waals surface area contributed by atoms with Gasteiger partial charge in [-0.2, -0.15) is 50.6 Å². The molecule has 2 aliphatic rings. The van der Waals surface area contributed by atoms with Crippen LogP contribution in [0.15, 0.2) is 30.6 Å². The van der Waals surface area contributed by atoms with Crippen molar-refractivity contribution in [2.75, 3.05) is 0 Å². The highest BCUT2D eigenvalue weighted by atomic mass is 35.5. The molecular weight excluding hydrogens is 551 g/mol. The van der Waals surface area contributed by atoms with Crippen LogP contribution in [0, 0.1) is 0 Å². The van der Waals surface area contributed by atoms with E-state index in [-0.39, 0.29) is 76.3 Å². The third kappa shape index (κ3) is 5.85. The van der Waals surface area contributed by atoms with E-state index < -0.39 is 6.43 Å². The van der Waals surface area contributed by atoms with Crippen LogP contribution in [0.4, 0.5) is 8.78 Å². The van der Waals surface area contributed by atoms with E-state index >= 15 is 0 Å². The van der Waals surface area contributed by atoms with Gasteiger partial charge in [0.1, 0.15) is 12.0 Å². The fourth-order valence-corrected chi connectivity index (χ4v) is 5.26. The summed E-state index contributed by atoms with van der Waals surface area (Å²) in [6.07, 6.45) is 2.83. The maximum absolute atomic E-state index is 13.4. The molecule has 0 amide bonds. The first kappa shape index (κ1) is 30.5. The molecule has 3 aromatic rings. The number of aromatic nitrogens is 4. The Kier molecular flexibility index (Phi) is 11.5. The Labute approximate surface area is 228 Å². The second kappa shape index (κ2) is 12.5. The highest BCUT2D eigenvalue weighted by Crippen LogP contribution is 2.45. The van der Waals surface area contributed by atoms with Crippen molar-refractivity contribution in [3.63, 3.8) is 0 Å². The van der Waals surface area contributed by atoms with Gasteiger partial charge in [-0.05, 0) is 49.4 Å². The Morgan fingerprint density at radius 1 is 1.00 bits per heavy atom. The van der Waals surface area contributed by atoms with Gasteiger partial charge in [-0.15, -0.1) is 12.4 Å². The fourth-order valence-electron chi connectivity index (χ4n) is 4.94. The molecule has 0 unspecified atom stereocenters. The van der Waals surface area contributed by atoms with Crippen molar-refractivity contribution in [1.82, 2.24) is 24.5 Å². The molecule has 3 atom stereocenters. The summed E-state index contributed by atoms with van der Waals surface area (Å²) in [5, 5.41) is 5.34. The minimum atomic E-state index is -2.64. The molecule has 2 aromatic heterocycles. The van der Waals surface area contributed by atoms with Gasteiger partial charge in [-0.1, -0.05) is 29.3 Å². The minimum absolute atomic E-state index is 0. The van der Waals surface area contributed by atoms with Crippen LogP contribution in [-0.4, -0.2) is 36.6 Å². The number of rotatable bonds is 4. The Morgan fingerprint density at radius 3 is 2.42 bits per heavy atom. The molecule has 0 saturated carbocycles. The third-order valence-electron chi connectivity index (χ3n) is 6.22. The Bertz CT molecular complexity index is 1070. The molecule has 0 aliphatic carbocycles. The van der Waals surface area contributed by atoms with Gasteiger partial charge in [0.2, 0.25) is 0 Å². The van der Waals surface area contributed by atoms with Crippen molar-refractivity contribution in [3.05, 3.63) is 57.6 Å². The van der Waals surface area contributed by atoms with E-state index in [2.05, 4.69) is 20.0 Å². The predicted octanol–water partition coefficient (Wildman–Crippen LogP) is 6.04. The first-order valence-electron chi connectivity index (χ1n) is 9.69. The molecule has 2 aliphatic heterocycles. The lowest BCUT2D eigenvalue weighted by molar-refractivity contribution is 0.110. The zero-order valence-electron chi connectivity index (χ0n) is 17.4. The van der Waals surface area contributed by atoms with Gasteiger partial charge in [0.25, 0.3) is 12.2 Å². The number of piperidine rings is 1. The largest absolute Gasteiger partial charge is 0.293 e. The normalized spacial score (nSPS) is 21.7. The van der Waals surface area contributed by atoms with E-state index in [1.54, 1.807) is 4.52 Å². The van der Waals surface area contributed by atoms with Gasteiger partial charge in [0.15, 0.2) is 0 Å². The second-order valence-corrected chi connectivity index (χ2v) is 8.60. The number of halogens is 5. The van der Waals surface area contributed by atoms with Gasteiger partial charge >= 0.3 is 0 Å². The Hall–Kier alpha value is -0.490. The number of alkyl halides is 2. The van der Waals surface area contributed by atoms with Crippen molar-refractivity contribution in [1.29, 1.82) is 0 Å². The quantitative estimate of drug-likeness (QED) is 0.380. The molecule has 2 saturated heterocycles. The van der Waals surface area contributed by atoms with Crippen molar-refractivity contribution in [3.8, 4) is 0 Å². The summed E-state index contributed by atoms with van der Waals surface area (Å²) in [6.45, 7) is 0.760. The van der Waals surface area contributed by atoms with E-state index in [1.165, 1.54) is 12.4 Å². The van der Waals surface area contributed by atoms with Crippen molar-refractivity contribution in [2.24, 2.45) is 0 Å². The summed E-state index contributed by atoms with van der Waals surface area (Å²) in [5.74, 6) is 0.329. The maximum atomic E-state index is 13.4. The van der Waals surface area contributed by atoms with Crippen LogP contribution in [0.2, 0.25) is 10.0 Å². The van der Waals surface area contributed by atoms with Crippen LogP contribution >= 0.6 is 76.1 Å². The zero-order valence-corrected chi connectivity index (χ0v) is 22.7. The zero-order chi connectivity index (χ0) is 20.1. The first-order chi connectivity index (χ1) is 14.0. The summed E-state index contributed by atoms with van der Waals surface area (Å²) in [4.78, 5) is 10.5. The number of benzene rings is 1. The third-order valence-corrected chi connectivity index (χ3v) is 6.96. The van der Waals surface area contributed by atoms with Crippen LogP contribution in [0.1, 0.15) is 55.0 Å². The fraction of sp³-hybridized carbons (Fsp3) is 0.450. The summed E-state index contributed by atoms with van der Waals surface area (Å²) in [6, 6.07) is 7.97. The minimum Gasteiger partial charge on any atom is -0.293 e. The molecule has 4 heterocycles. The van der Waals surface area contributed by atoms with Gasteiger partial charge in [0, 0.05) is 24.5 Å². The standard InChI is InChI=1S/C20H19Cl2F2N5.ClH.3H2S/c21-14-5-1-11(7-15(14)22)9-28-12-2-4-13(17(28)6-3-12)18-8-16(19(23)24)27-20-25-10-26-29(18)20;;;;/h1,5,7-8,10,12-13,17,19H,2-4,6,9H2;1H;3*1H2/t12-,13-,17-;;;;/m0..../s1. The summed E-state index contributed by atoms with van der Waals surface area (Å²) >= 11 is 12.3. The molecule has 13 heteroatoms. The summed E-state index contributed by atoms with van der Waals surface area (Å²) in [5.41, 5.74) is 1.63. The number of fused-ring (bicyclic) bond motifs is 3. The Balaban J connectivity index is 0.00000136. The molecule has 2 bridgehead atoms. The molecule has 184 valence electrons. The van der Waals surface area contributed by atoms with Crippen molar-refractivity contribution >= 4 is 81.9 Å². The molecule has 0 N–H and O–H groups in total. The van der Waals surface area contributed by atoms with Crippen molar-refractivity contribution < 1.29 is 8.78 Å². The van der Waals surface area contributed by atoms with Crippen LogP contribution in [-0.2, 0) is 6.54 Å². The maximum Gasteiger partial charge on any atom is 0.280 e. The molecule has 5 rings (SSSR count). The number of hydrogen-bond acceptors (Lipinski definition) is 4. The second-order valence-electron chi connectivity index (χ2n) is 7.78. The van der Waals surface area contributed by atoms with Gasteiger partial charge in [-0.25, -0.2) is 18.3 Å². The van der Waals surface area contributed by atoms with Crippen LogP contribution < -0.4 is 0 Å². The van der Waals surface area contributed by atoms with Gasteiger partial charge in [-0.3, -0.25) is 4.90 Å². The lowest BCUT2D eigenvalue weighted by Crippen LogP contribution is -2.43. The van der Waals surface area contributed by atoms with Gasteiger partial charge in [0.05, 0.1) is 15.7 Å². The first-order valence-corrected chi connectivity index (χ1v) is 10.5. The van der Waals surface area contributed by atoms with E-state index in [0.717, 1.165) is 43.5 Å². The van der Waals surface area contributed by atoms with E-state index in [4.69, 9.17) is 23.2 Å². The summed E-state index contributed by atoms with van der Waals surface area (Å²) in [7, 11) is 0. The molecule has 33 heavy (non-hydrogen) atoms. The van der Waals surface area contributed by atoms with Gasteiger partial charge < -0.3 is 0 Å². The molecular formula is C20H26Cl3F2N5S3.